The molecule has 124 valence electrons. The molecule has 2 rings (SSSR count). The van der Waals surface area contributed by atoms with Gasteiger partial charge in [-0.3, -0.25) is 0 Å². The van der Waals surface area contributed by atoms with Crippen LogP contribution >= 0.6 is 0 Å². The summed E-state index contributed by atoms with van der Waals surface area (Å²) in [5.74, 6) is -0.814. The molecule has 1 aliphatic rings. The molecule has 1 aromatic rings. The second kappa shape index (κ2) is 5.71. The number of aliphatic hydroxyl groups is 1. The van der Waals surface area contributed by atoms with Crippen LogP contribution in [0.2, 0.25) is 0 Å². The van der Waals surface area contributed by atoms with Crippen LogP contribution < -0.4 is 9.46 Å². The lowest BCUT2D eigenvalue weighted by Gasteiger charge is -2.23. The summed E-state index contributed by atoms with van der Waals surface area (Å²) in [6, 6.07) is 4.45. The van der Waals surface area contributed by atoms with Gasteiger partial charge in [0.1, 0.15) is 10.6 Å². The Labute approximate surface area is 126 Å². The number of para-hydroxylation sites is 1. The normalized spacial score (nSPS) is 18.8. The van der Waals surface area contributed by atoms with E-state index >= 15 is 0 Å². The van der Waals surface area contributed by atoms with Crippen molar-refractivity contribution in [3.63, 3.8) is 0 Å². The zero-order valence-electron chi connectivity index (χ0n) is 11.7. The quantitative estimate of drug-likeness (QED) is 0.831. The van der Waals surface area contributed by atoms with Gasteiger partial charge in [0.05, 0.1) is 5.60 Å². The van der Waals surface area contributed by atoms with Crippen molar-refractivity contribution in [1.29, 1.82) is 0 Å². The number of alkyl halides is 3. The Morgan fingerprint density at radius 3 is 2.45 bits per heavy atom. The molecule has 1 unspecified atom stereocenters. The van der Waals surface area contributed by atoms with Gasteiger partial charge in [0, 0.05) is 6.54 Å². The molecule has 0 bridgehead atoms. The summed E-state index contributed by atoms with van der Waals surface area (Å²) >= 11 is 0. The summed E-state index contributed by atoms with van der Waals surface area (Å²) in [5.41, 5.74) is -1.23. The summed E-state index contributed by atoms with van der Waals surface area (Å²) in [6.45, 7) is 1.21. The summed E-state index contributed by atoms with van der Waals surface area (Å²) in [6.07, 6.45) is -3.41. The number of sulfonamides is 1. The molecule has 1 aliphatic carbocycles. The lowest BCUT2D eigenvalue weighted by atomic mass is 10.0. The van der Waals surface area contributed by atoms with Gasteiger partial charge in [-0.1, -0.05) is 12.1 Å². The Morgan fingerprint density at radius 2 is 1.91 bits per heavy atom. The lowest BCUT2D eigenvalue weighted by Crippen LogP contribution is -2.42. The van der Waals surface area contributed by atoms with Gasteiger partial charge < -0.3 is 9.84 Å². The van der Waals surface area contributed by atoms with Crippen molar-refractivity contribution in [2.75, 3.05) is 6.54 Å². The SMILES string of the molecule is CC(O)(CNS(=O)(=O)c1ccccc1OC(F)(F)F)C1CC1. The van der Waals surface area contributed by atoms with Crippen molar-refractivity contribution < 1.29 is 31.4 Å². The Morgan fingerprint density at radius 1 is 1.32 bits per heavy atom. The number of rotatable bonds is 6. The van der Waals surface area contributed by atoms with Crippen molar-refractivity contribution in [3.8, 4) is 5.75 Å². The molecule has 0 heterocycles. The maximum atomic E-state index is 12.3. The van der Waals surface area contributed by atoms with E-state index in [0.29, 0.717) is 0 Å². The van der Waals surface area contributed by atoms with E-state index in [0.717, 1.165) is 25.0 Å². The minimum atomic E-state index is -4.99. The van der Waals surface area contributed by atoms with E-state index in [1.807, 2.05) is 0 Å². The Hall–Kier alpha value is -1.32. The van der Waals surface area contributed by atoms with Crippen LogP contribution in [0.3, 0.4) is 0 Å². The zero-order valence-corrected chi connectivity index (χ0v) is 12.5. The maximum Gasteiger partial charge on any atom is 0.573 e. The molecule has 0 spiro atoms. The topological polar surface area (TPSA) is 75.6 Å². The maximum absolute atomic E-state index is 12.3. The van der Waals surface area contributed by atoms with Crippen LogP contribution in [0.1, 0.15) is 19.8 Å². The highest BCUT2D eigenvalue weighted by molar-refractivity contribution is 7.89. The second-order valence-corrected chi connectivity index (χ2v) is 7.19. The predicted octanol–water partition coefficient (Wildman–Crippen LogP) is 2.02. The van der Waals surface area contributed by atoms with E-state index < -0.39 is 32.6 Å². The number of halogens is 3. The highest BCUT2D eigenvalue weighted by Gasteiger charge is 2.41. The molecule has 0 aliphatic heterocycles. The lowest BCUT2D eigenvalue weighted by molar-refractivity contribution is -0.275. The van der Waals surface area contributed by atoms with Crippen LogP contribution in [-0.4, -0.2) is 32.0 Å². The highest BCUT2D eigenvalue weighted by Crippen LogP contribution is 2.39. The molecule has 1 saturated carbocycles. The highest BCUT2D eigenvalue weighted by atomic mass is 32.2. The molecule has 1 fully saturated rings. The van der Waals surface area contributed by atoms with Gasteiger partial charge in [0.2, 0.25) is 10.0 Å². The van der Waals surface area contributed by atoms with Crippen LogP contribution in [-0.2, 0) is 10.0 Å². The summed E-state index contributed by atoms with van der Waals surface area (Å²) in [5, 5.41) is 10.1. The third-order valence-corrected chi connectivity index (χ3v) is 4.88. The van der Waals surface area contributed by atoms with E-state index in [1.165, 1.54) is 19.1 Å². The van der Waals surface area contributed by atoms with Crippen molar-refractivity contribution in [2.45, 2.75) is 36.6 Å². The van der Waals surface area contributed by atoms with Crippen LogP contribution in [0.4, 0.5) is 13.2 Å². The fourth-order valence-corrected chi connectivity index (χ4v) is 3.32. The largest absolute Gasteiger partial charge is 0.573 e. The minimum absolute atomic E-state index is 0.00290. The fraction of sp³-hybridized carbons (Fsp3) is 0.538. The standard InChI is InChI=1S/C13H16F3NO4S/c1-12(18,9-6-7-9)8-17-22(19,20)11-5-3-2-4-10(11)21-13(14,15)16/h2-5,9,17-18H,6-8H2,1H3. The van der Waals surface area contributed by atoms with Crippen LogP contribution in [0, 0.1) is 5.92 Å². The molecule has 5 nitrogen and oxygen atoms in total. The molecule has 1 atom stereocenters. The van der Waals surface area contributed by atoms with Gasteiger partial charge >= 0.3 is 6.36 Å². The van der Waals surface area contributed by atoms with Gasteiger partial charge in [-0.15, -0.1) is 13.2 Å². The smallest absolute Gasteiger partial charge is 0.404 e. The molecule has 0 amide bonds. The number of ether oxygens (including phenoxy) is 1. The molecular weight excluding hydrogens is 323 g/mol. The molecule has 2 N–H and O–H groups in total. The Bertz CT molecular complexity index is 639. The van der Waals surface area contributed by atoms with Crippen LogP contribution in [0.15, 0.2) is 29.2 Å². The molecule has 9 heteroatoms. The van der Waals surface area contributed by atoms with E-state index in [9.17, 15) is 26.7 Å². The first-order chi connectivity index (χ1) is 10.0. The Kier molecular flexibility index (Phi) is 4.42. The van der Waals surface area contributed by atoms with Crippen molar-refractivity contribution >= 4 is 10.0 Å². The number of nitrogens with one attached hydrogen (secondary N) is 1. The number of benzene rings is 1. The summed E-state index contributed by atoms with van der Waals surface area (Å²) in [7, 11) is -4.24. The van der Waals surface area contributed by atoms with Gasteiger partial charge in [0.15, 0.2) is 0 Å². The van der Waals surface area contributed by atoms with E-state index in [1.54, 1.807) is 0 Å². The molecule has 0 aromatic heterocycles. The monoisotopic (exact) mass is 339 g/mol. The minimum Gasteiger partial charge on any atom is -0.404 e. The van der Waals surface area contributed by atoms with Gasteiger partial charge in [-0.05, 0) is 37.8 Å². The van der Waals surface area contributed by atoms with Crippen molar-refractivity contribution in [1.82, 2.24) is 4.72 Å². The second-order valence-electron chi connectivity index (χ2n) is 5.45. The van der Waals surface area contributed by atoms with Gasteiger partial charge in [0.25, 0.3) is 0 Å². The predicted molar refractivity (Wildman–Crippen MR) is 71.7 cm³/mol. The molecule has 0 radical (unpaired) electrons. The van der Waals surface area contributed by atoms with Gasteiger partial charge in [-0.25, -0.2) is 13.1 Å². The average Bonchev–Trinajstić information content (AvgIpc) is 3.20. The number of hydrogen-bond acceptors (Lipinski definition) is 4. The summed E-state index contributed by atoms with van der Waals surface area (Å²) < 4.78 is 67.1. The molecule has 0 saturated heterocycles. The first-order valence-electron chi connectivity index (χ1n) is 6.58. The summed E-state index contributed by atoms with van der Waals surface area (Å²) in [4.78, 5) is -0.626. The van der Waals surface area contributed by atoms with E-state index in [-0.39, 0.29) is 12.5 Å². The van der Waals surface area contributed by atoms with E-state index in [2.05, 4.69) is 9.46 Å². The van der Waals surface area contributed by atoms with Crippen LogP contribution in [0.25, 0.3) is 0 Å². The average molecular weight is 339 g/mol. The third-order valence-electron chi connectivity index (χ3n) is 3.44. The van der Waals surface area contributed by atoms with Gasteiger partial charge in [-0.2, -0.15) is 0 Å². The molecule has 1 aromatic carbocycles. The zero-order chi connectivity index (χ0) is 16.6. The Balaban J connectivity index is 2.18. The first kappa shape index (κ1) is 17.0. The first-order valence-corrected chi connectivity index (χ1v) is 8.06. The van der Waals surface area contributed by atoms with Crippen molar-refractivity contribution in [3.05, 3.63) is 24.3 Å². The number of hydrogen-bond donors (Lipinski definition) is 2. The third kappa shape index (κ3) is 4.34. The fourth-order valence-electron chi connectivity index (χ4n) is 2.05. The van der Waals surface area contributed by atoms with Crippen molar-refractivity contribution in [2.24, 2.45) is 5.92 Å². The molecular formula is C13H16F3NO4S. The van der Waals surface area contributed by atoms with Crippen LogP contribution in [0.5, 0.6) is 5.75 Å². The van der Waals surface area contributed by atoms with E-state index in [4.69, 9.17) is 0 Å². The molecule has 22 heavy (non-hydrogen) atoms.